The number of aliphatic hydroxyl groups excluding tert-OH is 3. The van der Waals surface area contributed by atoms with Crippen molar-refractivity contribution in [1.82, 2.24) is 0 Å². The van der Waals surface area contributed by atoms with Crippen LogP contribution in [-0.4, -0.2) is 113 Å². The van der Waals surface area contributed by atoms with Crippen LogP contribution in [-0.2, 0) is 28.4 Å². The van der Waals surface area contributed by atoms with Crippen molar-refractivity contribution in [2.24, 2.45) is 0 Å². The molecule has 166 valence electrons. The Morgan fingerprint density at radius 1 is 0.593 bits per heavy atom. The first-order valence-corrected chi connectivity index (χ1v) is 9.33. The summed E-state index contributed by atoms with van der Waals surface area (Å²) in [4.78, 5) is 0. The molecule has 9 nitrogen and oxygen atoms in total. The summed E-state index contributed by atoms with van der Waals surface area (Å²) in [6, 6.07) is 0. The number of aliphatic hydroxyl groups is 3. The molecule has 9 heteroatoms. The predicted octanol–water partition coefficient (Wildman–Crippen LogP) is -0.155. The normalized spacial score (nSPS) is 14.3. The van der Waals surface area contributed by atoms with E-state index in [0.29, 0.717) is 52.9 Å². The predicted molar refractivity (Wildman–Crippen MR) is 101 cm³/mol. The van der Waals surface area contributed by atoms with Crippen LogP contribution in [0.5, 0.6) is 0 Å². The quantitative estimate of drug-likeness (QED) is 0.270. The van der Waals surface area contributed by atoms with Crippen molar-refractivity contribution in [2.45, 2.75) is 39.1 Å². The average Bonchev–Trinajstić information content (AvgIpc) is 2.69. The third-order valence-electron chi connectivity index (χ3n) is 3.11. The van der Waals surface area contributed by atoms with Gasteiger partial charge in [0.05, 0.1) is 91.0 Å². The van der Waals surface area contributed by atoms with E-state index < -0.39 is 0 Å². The van der Waals surface area contributed by atoms with Gasteiger partial charge in [0.15, 0.2) is 0 Å². The molecule has 3 atom stereocenters. The van der Waals surface area contributed by atoms with Gasteiger partial charge < -0.3 is 43.7 Å². The zero-order valence-electron chi connectivity index (χ0n) is 17.3. The second kappa shape index (κ2) is 23.7. The Labute approximate surface area is 163 Å². The summed E-state index contributed by atoms with van der Waals surface area (Å²) in [5, 5.41) is 25.4. The summed E-state index contributed by atoms with van der Waals surface area (Å²) in [6.07, 6.45) is 0.00946. The van der Waals surface area contributed by atoms with E-state index in [0.717, 1.165) is 0 Å². The van der Waals surface area contributed by atoms with Gasteiger partial charge in [-0.25, -0.2) is 0 Å². The first kappa shape index (κ1) is 28.8. The highest BCUT2D eigenvalue weighted by molar-refractivity contribution is 4.53. The maximum atomic E-state index is 8.72. The Morgan fingerprint density at radius 3 is 1.41 bits per heavy atom. The zero-order valence-corrected chi connectivity index (χ0v) is 17.3. The highest BCUT2D eigenvalue weighted by Crippen LogP contribution is 1.98. The molecule has 0 spiro atoms. The van der Waals surface area contributed by atoms with Crippen LogP contribution in [0.4, 0.5) is 0 Å². The van der Waals surface area contributed by atoms with Gasteiger partial charge in [-0.3, -0.25) is 0 Å². The van der Waals surface area contributed by atoms with Crippen molar-refractivity contribution in [3.63, 3.8) is 0 Å². The molecule has 0 fully saturated rings. The molecule has 3 unspecified atom stereocenters. The first-order valence-electron chi connectivity index (χ1n) is 9.33. The van der Waals surface area contributed by atoms with Gasteiger partial charge in [0.25, 0.3) is 0 Å². The number of hydrogen-bond acceptors (Lipinski definition) is 9. The fourth-order valence-corrected chi connectivity index (χ4v) is 1.44. The molecule has 0 aromatic rings. The Morgan fingerprint density at radius 2 is 1.00 bits per heavy atom. The van der Waals surface area contributed by atoms with Crippen molar-refractivity contribution in [1.29, 1.82) is 0 Å². The SMILES string of the molecule is COC(C)COC(C)COC(C)CO.OCCOCCOCCOCCO. The largest absolute Gasteiger partial charge is 0.394 e. The van der Waals surface area contributed by atoms with Gasteiger partial charge in [-0.15, -0.1) is 0 Å². The average molecular weight is 401 g/mol. The maximum absolute atomic E-state index is 8.72. The summed E-state index contributed by atoms with van der Waals surface area (Å²) in [5.74, 6) is 0. The van der Waals surface area contributed by atoms with Crippen LogP contribution in [0, 0.1) is 0 Å². The summed E-state index contributed by atoms with van der Waals surface area (Å²) in [7, 11) is 1.66. The van der Waals surface area contributed by atoms with Gasteiger partial charge in [-0.1, -0.05) is 0 Å². The first-order chi connectivity index (χ1) is 13.0. The van der Waals surface area contributed by atoms with Crippen molar-refractivity contribution < 1.29 is 43.7 Å². The Hall–Kier alpha value is -0.360. The highest BCUT2D eigenvalue weighted by atomic mass is 16.6. The number of ether oxygens (including phenoxy) is 6. The molecule has 27 heavy (non-hydrogen) atoms. The lowest BCUT2D eigenvalue weighted by molar-refractivity contribution is -0.0677. The zero-order chi connectivity index (χ0) is 20.8. The topological polar surface area (TPSA) is 116 Å². The van der Waals surface area contributed by atoms with E-state index in [-0.39, 0.29) is 38.1 Å². The lowest BCUT2D eigenvalue weighted by Gasteiger charge is -2.18. The Kier molecular flexibility index (Phi) is 25.3. The summed E-state index contributed by atoms with van der Waals surface area (Å²) < 4.78 is 30.8. The fourth-order valence-electron chi connectivity index (χ4n) is 1.44. The van der Waals surface area contributed by atoms with E-state index in [1.165, 1.54) is 0 Å². The molecular weight excluding hydrogens is 360 g/mol. The van der Waals surface area contributed by atoms with Crippen LogP contribution >= 0.6 is 0 Å². The molecule has 0 aliphatic rings. The van der Waals surface area contributed by atoms with Gasteiger partial charge in [0.1, 0.15) is 0 Å². The summed E-state index contributed by atoms with van der Waals surface area (Å²) in [5.41, 5.74) is 0. The molecule has 0 heterocycles. The lowest BCUT2D eigenvalue weighted by atomic mass is 10.4. The molecule has 0 rings (SSSR count). The molecular formula is C18H40O9. The van der Waals surface area contributed by atoms with Gasteiger partial charge in [-0.05, 0) is 20.8 Å². The third kappa shape index (κ3) is 25.6. The van der Waals surface area contributed by atoms with E-state index in [1.54, 1.807) is 7.11 Å². The summed E-state index contributed by atoms with van der Waals surface area (Å²) >= 11 is 0. The minimum atomic E-state index is -0.124. The second-order valence-electron chi connectivity index (χ2n) is 5.80. The number of rotatable bonds is 18. The minimum absolute atomic E-state index is 0.0293. The van der Waals surface area contributed by atoms with Crippen molar-refractivity contribution in [2.75, 3.05) is 79.8 Å². The summed E-state index contributed by atoms with van der Waals surface area (Å²) in [6.45, 7) is 9.58. The second-order valence-corrected chi connectivity index (χ2v) is 5.80. The van der Waals surface area contributed by atoms with Gasteiger partial charge >= 0.3 is 0 Å². The minimum Gasteiger partial charge on any atom is -0.394 e. The van der Waals surface area contributed by atoms with E-state index in [1.807, 2.05) is 20.8 Å². The van der Waals surface area contributed by atoms with Crippen LogP contribution in [0.25, 0.3) is 0 Å². The lowest BCUT2D eigenvalue weighted by Crippen LogP contribution is -2.25. The molecule has 0 aliphatic heterocycles. The van der Waals surface area contributed by atoms with Crippen molar-refractivity contribution in [3.8, 4) is 0 Å². The monoisotopic (exact) mass is 400 g/mol. The van der Waals surface area contributed by atoms with Gasteiger partial charge in [0, 0.05) is 7.11 Å². The van der Waals surface area contributed by atoms with Crippen LogP contribution < -0.4 is 0 Å². The molecule has 0 aromatic carbocycles. The van der Waals surface area contributed by atoms with Crippen LogP contribution in [0.3, 0.4) is 0 Å². The van der Waals surface area contributed by atoms with E-state index in [4.69, 9.17) is 43.7 Å². The third-order valence-corrected chi connectivity index (χ3v) is 3.11. The molecule has 0 aromatic heterocycles. The molecule has 0 amide bonds. The molecule has 0 saturated carbocycles. The standard InChI is InChI=1S/C10H22O4.C8H18O5/c1-8(5-11)13-7-10(3)14-6-9(2)12-4;9-1-3-11-5-7-13-8-6-12-4-2-10/h8-11H,5-7H2,1-4H3;9-10H,1-8H2. The van der Waals surface area contributed by atoms with E-state index in [2.05, 4.69) is 0 Å². The smallest absolute Gasteiger partial charge is 0.0781 e. The van der Waals surface area contributed by atoms with Crippen LogP contribution in [0.2, 0.25) is 0 Å². The van der Waals surface area contributed by atoms with Crippen molar-refractivity contribution >= 4 is 0 Å². The molecule has 0 radical (unpaired) electrons. The molecule has 0 saturated heterocycles. The number of hydrogen-bond donors (Lipinski definition) is 3. The van der Waals surface area contributed by atoms with E-state index >= 15 is 0 Å². The molecule has 3 N–H and O–H groups in total. The van der Waals surface area contributed by atoms with Crippen LogP contribution in [0.1, 0.15) is 20.8 Å². The van der Waals surface area contributed by atoms with Crippen LogP contribution in [0.15, 0.2) is 0 Å². The maximum Gasteiger partial charge on any atom is 0.0781 e. The molecule has 0 bridgehead atoms. The Balaban J connectivity index is 0. The fraction of sp³-hybridized carbons (Fsp3) is 1.00. The molecule has 0 aliphatic carbocycles. The Bertz CT molecular complexity index is 245. The number of methoxy groups -OCH3 is 1. The van der Waals surface area contributed by atoms with Gasteiger partial charge in [-0.2, -0.15) is 0 Å². The van der Waals surface area contributed by atoms with E-state index in [9.17, 15) is 0 Å². The van der Waals surface area contributed by atoms with Crippen molar-refractivity contribution in [3.05, 3.63) is 0 Å². The highest BCUT2D eigenvalue weighted by Gasteiger charge is 2.08. The van der Waals surface area contributed by atoms with Gasteiger partial charge in [0.2, 0.25) is 0 Å².